The molecular formula is C4H9BrMg. The van der Waals surface area contributed by atoms with Crippen LogP contribution in [0, 0.1) is 0 Å². The molecule has 1 atom stereocenters. The van der Waals surface area contributed by atoms with Crippen molar-refractivity contribution in [2.45, 2.75) is 25.1 Å². The molecule has 0 N–H and O–H groups in total. The van der Waals surface area contributed by atoms with Gasteiger partial charge in [0.25, 0.3) is 0 Å². The molecule has 2 heteroatoms. The van der Waals surface area contributed by atoms with Crippen LogP contribution in [0.4, 0.5) is 0 Å². The van der Waals surface area contributed by atoms with Gasteiger partial charge in [-0.15, -0.1) is 0 Å². The summed E-state index contributed by atoms with van der Waals surface area (Å²) in [7, 11) is 0. The van der Waals surface area contributed by atoms with Crippen molar-refractivity contribution in [2.24, 2.45) is 0 Å². The predicted molar refractivity (Wildman–Crippen MR) is 34.4 cm³/mol. The Morgan fingerprint density at radius 2 is 1.83 bits per heavy atom. The highest BCUT2D eigenvalue weighted by atomic mass is 79.9. The number of hydrogen-bond acceptors (Lipinski definition) is 0. The van der Waals surface area contributed by atoms with Gasteiger partial charge in [0.15, 0.2) is 0 Å². The molecule has 0 aromatic rings. The highest BCUT2D eigenvalue weighted by Crippen LogP contribution is 1.99. The minimum absolute atomic E-state index is 0. The van der Waals surface area contributed by atoms with Crippen LogP contribution >= 0.6 is 15.9 Å². The van der Waals surface area contributed by atoms with Crippen molar-refractivity contribution >= 4 is 39.0 Å². The van der Waals surface area contributed by atoms with Crippen LogP contribution in [-0.4, -0.2) is 27.9 Å². The highest BCUT2D eigenvalue weighted by Gasteiger charge is 1.82. The van der Waals surface area contributed by atoms with Crippen LogP contribution in [-0.2, 0) is 0 Å². The summed E-state index contributed by atoms with van der Waals surface area (Å²) in [6, 6.07) is 0. The normalized spacial score (nSPS) is 12.5. The first-order valence-electron chi connectivity index (χ1n) is 1.91. The summed E-state index contributed by atoms with van der Waals surface area (Å²) in [6.07, 6.45) is 1.22. The molecule has 0 amide bonds. The first kappa shape index (κ1) is 10.3. The molecule has 0 bridgehead atoms. The van der Waals surface area contributed by atoms with Gasteiger partial charge in [-0.25, -0.2) is 0 Å². The second-order valence-electron chi connectivity index (χ2n) is 1.19. The molecule has 0 saturated heterocycles. The second-order valence-corrected chi connectivity index (χ2v) is 2.75. The van der Waals surface area contributed by atoms with Crippen LogP contribution in [0.25, 0.3) is 0 Å². The Balaban J connectivity index is 0. The molecule has 34 valence electrons. The van der Waals surface area contributed by atoms with Crippen LogP contribution in [0.2, 0.25) is 0 Å². The quantitative estimate of drug-likeness (QED) is 0.406. The lowest BCUT2D eigenvalue weighted by Crippen LogP contribution is -1.80. The minimum atomic E-state index is 0. The van der Waals surface area contributed by atoms with Gasteiger partial charge >= 0.3 is 0 Å². The van der Waals surface area contributed by atoms with Gasteiger partial charge in [0.05, 0.1) is 0 Å². The maximum absolute atomic E-state index is 3.37. The fraction of sp³-hybridized carbons (Fsp3) is 1.00. The molecule has 0 saturated carbocycles. The number of halogens is 1. The van der Waals surface area contributed by atoms with E-state index in [1.807, 2.05) is 0 Å². The van der Waals surface area contributed by atoms with Gasteiger partial charge in [-0.2, -0.15) is 0 Å². The Morgan fingerprint density at radius 3 is 1.83 bits per heavy atom. The minimum Gasteiger partial charge on any atom is -0.0894 e. The van der Waals surface area contributed by atoms with Crippen molar-refractivity contribution in [3.05, 3.63) is 0 Å². The summed E-state index contributed by atoms with van der Waals surface area (Å²) >= 11 is 3.37. The van der Waals surface area contributed by atoms with Crippen LogP contribution in [0.3, 0.4) is 0 Å². The van der Waals surface area contributed by atoms with Crippen molar-refractivity contribution in [3.8, 4) is 0 Å². The van der Waals surface area contributed by atoms with E-state index in [1.54, 1.807) is 0 Å². The Hall–Kier alpha value is 1.25. The van der Waals surface area contributed by atoms with E-state index in [0.717, 1.165) is 0 Å². The van der Waals surface area contributed by atoms with Crippen molar-refractivity contribution in [2.75, 3.05) is 0 Å². The Labute approximate surface area is 64.0 Å². The van der Waals surface area contributed by atoms with Crippen molar-refractivity contribution in [3.63, 3.8) is 0 Å². The van der Waals surface area contributed by atoms with Crippen LogP contribution in [0.5, 0.6) is 0 Å². The van der Waals surface area contributed by atoms with Gasteiger partial charge in [-0.3, -0.25) is 0 Å². The molecular weight excluding hydrogens is 152 g/mol. The predicted octanol–water partition coefficient (Wildman–Crippen LogP) is 1.80. The number of hydrogen-bond donors (Lipinski definition) is 0. The monoisotopic (exact) mass is 160 g/mol. The number of alkyl halides is 1. The molecule has 0 aliphatic rings. The fourth-order valence-corrected chi connectivity index (χ4v) is 0. The van der Waals surface area contributed by atoms with Gasteiger partial charge in [-0.1, -0.05) is 29.8 Å². The van der Waals surface area contributed by atoms with E-state index in [0.29, 0.717) is 4.83 Å². The van der Waals surface area contributed by atoms with Gasteiger partial charge in [0.1, 0.15) is 0 Å². The maximum Gasteiger partial charge on any atom is 0.0114 e. The molecule has 0 aliphatic carbocycles. The van der Waals surface area contributed by atoms with Crippen LogP contribution < -0.4 is 0 Å². The summed E-state index contributed by atoms with van der Waals surface area (Å²) < 4.78 is 0. The van der Waals surface area contributed by atoms with Gasteiger partial charge in [0.2, 0.25) is 0 Å². The number of rotatable bonds is 1. The van der Waals surface area contributed by atoms with Crippen molar-refractivity contribution in [1.29, 1.82) is 0 Å². The highest BCUT2D eigenvalue weighted by molar-refractivity contribution is 9.09. The van der Waals surface area contributed by atoms with E-state index in [9.17, 15) is 0 Å². The Bertz CT molecular complexity index is 21.5. The third-order valence-electron chi connectivity index (χ3n) is 0.563. The van der Waals surface area contributed by atoms with Crippen LogP contribution in [0.1, 0.15) is 20.3 Å². The first-order chi connectivity index (χ1) is 2.27. The lowest BCUT2D eigenvalue weighted by molar-refractivity contribution is 0.922. The van der Waals surface area contributed by atoms with Crippen molar-refractivity contribution < 1.29 is 0 Å². The van der Waals surface area contributed by atoms with E-state index in [4.69, 9.17) is 0 Å². The lowest BCUT2D eigenvalue weighted by atomic mass is 10.4. The van der Waals surface area contributed by atoms with Gasteiger partial charge in [-0.05, 0) is 6.42 Å². The van der Waals surface area contributed by atoms with E-state index in [-0.39, 0.29) is 23.1 Å². The first-order valence-corrected chi connectivity index (χ1v) is 2.83. The smallest absolute Gasteiger partial charge is 0.0114 e. The van der Waals surface area contributed by atoms with E-state index in [1.165, 1.54) is 6.42 Å². The van der Waals surface area contributed by atoms with E-state index >= 15 is 0 Å². The SMILES string of the molecule is CCC(C)Br.[Mg]. The molecule has 0 fully saturated rings. The fourth-order valence-electron chi connectivity index (χ4n) is 0. The molecule has 6 heavy (non-hydrogen) atoms. The molecule has 0 spiro atoms. The van der Waals surface area contributed by atoms with Crippen molar-refractivity contribution in [1.82, 2.24) is 0 Å². The summed E-state index contributed by atoms with van der Waals surface area (Å²) in [6.45, 7) is 4.29. The average Bonchev–Trinajstić information content (AvgIpc) is 1.38. The van der Waals surface area contributed by atoms with Gasteiger partial charge < -0.3 is 0 Å². The van der Waals surface area contributed by atoms with Gasteiger partial charge in [0, 0.05) is 27.9 Å². The molecule has 2 radical (unpaired) electrons. The lowest BCUT2D eigenvalue weighted by Gasteiger charge is -1.88. The van der Waals surface area contributed by atoms with Crippen LogP contribution in [0.15, 0.2) is 0 Å². The van der Waals surface area contributed by atoms with E-state index < -0.39 is 0 Å². The maximum atomic E-state index is 3.37. The zero-order chi connectivity index (χ0) is 4.28. The second kappa shape index (κ2) is 6.25. The summed E-state index contributed by atoms with van der Waals surface area (Å²) in [5, 5.41) is 0. The molecule has 0 aromatic carbocycles. The standard InChI is InChI=1S/C4H9Br.Mg/c1-3-4(2)5;/h4H,3H2,1-2H3;. The zero-order valence-corrected chi connectivity index (χ0v) is 7.37. The summed E-state index contributed by atoms with van der Waals surface area (Å²) in [4.78, 5) is 0.697. The third-order valence-corrected chi connectivity index (χ3v) is 1.21. The molecule has 0 nitrogen and oxygen atoms in total. The van der Waals surface area contributed by atoms with E-state index in [2.05, 4.69) is 29.8 Å². The summed E-state index contributed by atoms with van der Waals surface area (Å²) in [5.74, 6) is 0. The zero-order valence-electron chi connectivity index (χ0n) is 4.37. The molecule has 0 aromatic heterocycles. The molecule has 1 unspecified atom stereocenters. The Kier molecular flexibility index (Phi) is 10.7. The molecule has 0 heterocycles. The largest absolute Gasteiger partial charge is 0.0894 e. The molecule has 0 rings (SSSR count). The molecule has 0 aliphatic heterocycles. The summed E-state index contributed by atoms with van der Waals surface area (Å²) in [5.41, 5.74) is 0. The average molecular weight is 161 g/mol. The topological polar surface area (TPSA) is 0 Å². The third kappa shape index (κ3) is 8.98. The Morgan fingerprint density at radius 1 is 1.67 bits per heavy atom.